The topological polar surface area (TPSA) is 88.4 Å². The molecule has 0 heterocycles. The van der Waals surface area contributed by atoms with E-state index >= 15 is 0 Å². The summed E-state index contributed by atoms with van der Waals surface area (Å²) in [4.78, 5) is 0. The zero-order chi connectivity index (χ0) is 12.1. The maximum absolute atomic E-state index is 8.60. The first-order chi connectivity index (χ1) is 7.85. The van der Waals surface area contributed by atoms with Crippen LogP contribution < -0.4 is 0 Å². The molecule has 0 saturated heterocycles. The summed E-state index contributed by atoms with van der Waals surface area (Å²) >= 11 is -2.16. The molecule has 0 bridgehead atoms. The van der Waals surface area contributed by atoms with Crippen LogP contribution in [0.15, 0.2) is 0 Å². The van der Waals surface area contributed by atoms with E-state index in [0.29, 0.717) is 39.1 Å². The zero-order valence-corrected chi connectivity index (χ0v) is 10.7. The van der Waals surface area contributed by atoms with Gasteiger partial charge < -0.3 is 26.7 Å². The Morgan fingerprint density at radius 3 is 1.19 bits per heavy atom. The van der Waals surface area contributed by atoms with Gasteiger partial charge in [0.1, 0.15) is 0 Å². The quantitative estimate of drug-likeness (QED) is 0.310. The fourth-order valence-corrected chi connectivity index (χ4v) is 2.24. The van der Waals surface area contributed by atoms with E-state index in [2.05, 4.69) is 0 Å². The molecule has 7 heteroatoms. The first-order valence-corrected chi connectivity index (χ1v) is 6.94. The average molecular weight is 252 g/mol. The van der Waals surface area contributed by atoms with Gasteiger partial charge in [0.15, 0.2) is 0 Å². The molecule has 6 nitrogen and oxygen atoms in total. The minimum Gasteiger partial charge on any atom is -0.454 e. The molecule has 0 aromatic heterocycles. The first-order valence-electron chi connectivity index (χ1n) is 5.52. The van der Waals surface area contributed by atoms with E-state index in [4.69, 9.17) is 26.7 Å². The van der Waals surface area contributed by atoms with E-state index < -0.39 is 15.1 Å². The molecule has 0 amide bonds. The highest BCUT2D eigenvalue weighted by atomic mass is 27.3. The lowest BCUT2D eigenvalue weighted by atomic mass is 10.5. The van der Waals surface area contributed by atoms with Crippen LogP contribution in [-0.2, 0) is 11.4 Å². The molecule has 0 aromatic rings. The smallest absolute Gasteiger partial charge is 0.454 e. The zero-order valence-electron chi connectivity index (χ0n) is 9.51. The molecule has 0 fully saturated rings. The number of hydrogen-bond acceptors (Lipinski definition) is 6. The summed E-state index contributed by atoms with van der Waals surface area (Å²) in [7, 11) is 0. The molecular formula is C9H21AlO6. The maximum atomic E-state index is 8.60. The van der Waals surface area contributed by atoms with Gasteiger partial charge in [0.2, 0.25) is 0 Å². The third-order valence-electron chi connectivity index (χ3n) is 1.67. The van der Waals surface area contributed by atoms with Crippen molar-refractivity contribution in [1.29, 1.82) is 0 Å². The van der Waals surface area contributed by atoms with Gasteiger partial charge in [-0.05, 0) is 19.3 Å². The Balaban J connectivity index is 3.58. The third kappa shape index (κ3) is 10.8. The molecule has 0 saturated carbocycles. The van der Waals surface area contributed by atoms with Crippen LogP contribution in [0.3, 0.4) is 0 Å². The highest BCUT2D eigenvalue weighted by molar-refractivity contribution is 6.36. The third-order valence-corrected chi connectivity index (χ3v) is 3.19. The van der Waals surface area contributed by atoms with Crippen molar-refractivity contribution < 1.29 is 26.7 Å². The Kier molecular flexibility index (Phi) is 13.6. The Morgan fingerprint density at radius 2 is 0.938 bits per heavy atom. The van der Waals surface area contributed by atoms with Gasteiger partial charge in [0.25, 0.3) is 0 Å². The molecule has 96 valence electrons. The van der Waals surface area contributed by atoms with Gasteiger partial charge in [-0.15, -0.1) is 0 Å². The molecule has 0 unspecified atom stereocenters. The Bertz CT molecular complexity index is 113. The van der Waals surface area contributed by atoms with Crippen LogP contribution in [0.4, 0.5) is 0 Å². The van der Waals surface area contributed by atoms with E-state index in [-0.39, 0.29) is 19.8 Å². The van der Waals surface area contributed by atoms with Crippen LogP contribution in [-0.4, -0.2) is 70.1 Å². The molecular weight excluding hydrogens is 231 g/mol. The predicted molar refractivity (Wildman–Crippen MR) is 58.7 cm³/mol. The predicted octanol–water partition coefficient (Wildman–Crippen LogP) is -0.832. The SMILES string of the molecule is OCCC[O][Al]([O]CCCO)[O]CCCO. The van der Waals surface area contributed by atoms with E-state index in [1.165, 1.54) is 0 Å². The molecule has 3 N–H and O–H groups in total. The molecule has 16 heavy (non-hydrogen) atoms. The molecule has 0 atom stereocenters. The summed E-state index contributed by atoms with van der Waals surface area (Å²) in [5.41, 5.74) is 0. The highest BCUT2D eigenvalue weighted by Gasteiger charge is 2.30. The molecule has 0 aliphatic rings. The van der Waals surface area contributed by atoms with Crippen molar-refractivity contribution in [2.45, 2.75) is 19.3 Å². The van der Waals surface area contributed by atoms with Gasteiger partial charge in [-0.25, -0.2) is 0 Å². The van der Waals surface area contributed by atoms with Crippen LogP contribution in [0.1, 0.15) is 19.3 Å². The summed E-state index contributed by atoms with van der Waals surface area (Å²) in [6.45, 7) is 1.46. The van der Waals surface area contributed by atoms with E-state index in [9.17, 15) is 0 Å². The number of rotatable bonds is 12. The molecule has 0 aliphatic heterocycles. The summed E-state index contributed by atoms with van der Waals surface area (Å²) in [5.74, 6) is 0. The van der Waals surface area contributed by atoms with E-state index in [1.54, 1.807) is 0 Å². The molecule has 0 rings (SSSR count). The summed E-state index contributed by atoms with van der Waals surface area (Å²) in [6.07, 6.45) is 1.66. The molecule has 0 spiro atoms. The second kappa shape index (κ2) is 13.4. The molecule has 0 aromatic carbocycles. The number of aliphatic hydroxyl groups excluding tert-OH is 3. The lowest BCUT2D eigenvalue weighted by Gasteiger charge is -2.12. The van der Waals surface area contributed by atoms with Crippen molar-refractivity contribution in [3.8, 4) is 0 Å². The molecule has 0 aliphatic carbocycles. The number of hydrogen-bond donors (Lipinski definition) is 3. The Hall–Kier alpha value is 0.292. The fraction of sp³-hybridized carbons (Fsp3) is 1.00. The van der Waals surface area contributed by atoms with Crippen molar-refractivity contribution in [3.63, 3.8) is 0 Å². The maximum Gasteiger partial charge on any atom is 0.905 e. The highest BCUT2D eigenvalue weighted by Crippen LogP contribution is 1.97. The van der Waals surface area contributed by atoms with Crippen molar-refractivity contribution >= 4 is 15.1 Å². The van der Waals surface area contributed by atoms with Crippen molar-refractivity contribution in [2.24, 2.45) is 0 Å². The van der Waals surface area contributed by atoms with Gasteiger partial charge in [0, 0.05) is 39.6 Å². The van der Waals surface area contributed by atoms with Gasteiger partial charge in [-0.2, -0.15) is 0 Å². The standard InChI is InChI=1S/3C3H7O2.Al/c3*4-2-1-3-5;/h3*4H,1-3H2;/q3*-1;+3. The summed E-state index contributed by atoms with van der Waals surface area (Å²) < 4.78 is 16.0. The minimum absolute atomic E-state index is 0.0778. The monoisotopic (exact) mass is 252 g/mol. The summed E-state index contributed by atoms with van der Waals surface area (Å²) in [6, 6.07) is 0. The van der Waals surface area contributed by atoms with Crippen molar-refractivity contribution in [2.75, 3.05) is 39.6 Å². The fourth-order valence-electron chi connectivity index (χ4n) is 0.877. The second-order valence-electron chi connectivity index (χ2n) is 3.13. The summed E-state index contributed by atoms with van der Waals surface area (Å²) in [5, 5.41) is 25.8. The van der Waals surface area contributed by atoms with Crippen LogP contribution in [0.2, 0.25) is 0 Å². The average Bonchev–Trinajstić information content (AvgIpc) is 2.29. The van der Waals surface area contributed by atoms with Gasteiger partial charge in [0.05, 0.1) is 0 Å². The lowest BCUT2D eigenvalue weighted by molar-refractivity contribution is 0.0778. The van der Waals surface area contributed by atoms with Gasteiger partial charge >= 0.3 is 15.1 Å². The van der Waals surface area contributed by atoms with Gasteiger partial charge in [-0.3, -0.25) is 0 Å². The largest absolute Gasteiger partial charge is 0.905 e. The minimum atomic E-state index is -2.16. The lowest BCUT2D eigenvalue weighted by Crippen LogP contribution is -2.29. The van der Waals surface area contributed by atoms with E-state index in [0.717, 1.165) is 0 Å². The van der Waals surface area contributed by atoms with Crippen molar-refractivity contribution in [1.82, 2.24) is 0 Å². The number of aliphatic hydroxyl groups is 3. The second-order valence-corrected chi connectivity index (χ2v) is 4.71. The van der Waals surface area contributed by atoms with Crippen LogP contribution in [0.5, 0.6) is 0 Å². The molecule has 0 radical (unpaired) electrons. The van der Waals surface area contributed by atoms with Crippen LogP contribution in [0.25, 0.3) is 0 Å². The van der Waals surface area contributed by atoms with Crippen LogP contribution in [0, 0.1) is 0 Å². The Morgan fingerprint density at radius 1 is 0.625 bits per heavy atom. The van der Waals surface area contributed by atoms with Crippen LogP contribution >= 0.6 is 0 Å². The Labute approximate surface area is 101 Å². The normalized spacial score (nSPS) is 10.7. The van der Waals surface area contributed by atoms with Crippen molar-refractivity contribution in [3.05, 3.63) is 0 Å². The van der Waals surface area contributed by atoms with E-state index in [1.807, 2.05) is 0 Å². The first kappa shape index (κ1) is 16.3. The van der Waals surface area contributed by atoms with Gasteiger partial charge in [-0.1, -0.05) is 0 Å².